The van der Waals surface area contributed by atoms with Gasteiger partial charge in [-0.05, 0) is 51.1 Å². The number of nitrogens with zero attached hydrogens (tertiary/aromatic N) is 2. The van der Waals surface area contributed by atoms with Crippen molar-refractivity contribution in [3.63, 3.8) is 0 Å². The quantitative estimate of drug-likeness (QED) is 0.410. The number of Topliss-reactive ketones (excluding diaryl/α,β-unsaturated/α-hetero) is 1. The van der Waals surface area contributed by atoms with E-state index in [1.54, 1.807) is 4.90 Å². The van der Waals surface area contributed by atoms with Gasteiger partial charge >= 0.3 is 0 Å². The van der Waals surface area contributed by atoms with Crippen molar-refractivity contribution in [3.8, 4) is 0 Å². The maximum atomic E-state index is 13.1. The van der Waals surface area contributed by atoms with Crippen molar-refractivity contribution in [2.75, 3.05) is 26.2 Å². The summed E-state index contributed by atoms with van der Waals surface area (Å²) in [5.74, 6) is -1.27. The monoisotopic (exact) mass is 420 g/mol. The van der Waals surface area contributed by atoms with Crippen molar-refractivity contribution in [1.82, 2.24) is 9.80 Å². The van der Waals surface area contributed by atoms with Crippen LogP contribution in [0.1, 0.15) is 47.7 Å². The third kappa shape index (κ3) is 4.57. The normalized spacial score (nSPS) is 18.3. The Labute approximate surface area is 185 Å². The van der Waals surface area contributed by atoms with Crippen molar-refractivity contribution in [2.45, 2.75) is 40.7 Å². The summed E-state index contributed by atoms with van der Waals surface area (Å²) in [6.07, 6.45) is 0. The first kappa shape index (κ1) is 22.8. The van der Waals surface area contributed by atoms with Gasteiger partial charge in [-0.15, -0.1) is 0 Å². The molecule has 0 radical (unpaired) electrons. The van der Waals surface area contributed by atoms with E-state index in [2.05, 4.69) is 18.7 Å². The van der Waals surface area contributed by atoms with Gasteiger partial charge in [-0.25, -0.2) is 0 Å². The SMILES string of the molecule is CCN(CC)CCN1C(=O)C(=O)/C(=C(/O)c2cc(C)ccc2C)C1c1ccc(C)cc1. The summed E-state index contributed by atoms with van der Waals surface area (Å²) in [6.45, 7) is 12.8. The Kier molecular flexibility index (Phi) is 6.96. The highest BCUT2D eigenvalue weighted by Crippen LogP contribution is 2.39. The number of aryl methyl sites for hydroxylation is 3. The lowest BCUT2D eigenvalue weighted by Gasteiger charge is -2.28. The summed E-state index contributed by atoms with van der Waals surface area (Å²) in [5.41, 5.74) is 4.53. The molecule has 5 heteroatoms. The Morgan fingerprint density at radius 2 is 1.58 bits per heavy atom. The highest BCUT2D eigenvalue weighted by Gasteiger charge is 2.46. The minimum Gasteiger partial charge on any atom is -0.507 e. The molecule has 3 rings (SSSR count). The molecule has 1 saturated heterocycles. The smallest absolute Gasteiger partial charge is 0.295 e. The van der Waals surface area contributed by atoms with Gasteiger partial charge in [0, 0.05) is 18.7 Å². The van der Waals surface area contributed by atoms with Gasteiger partial charge in [-0.3, -0.25) is 9.59 Å². The Balaban J connectivity index is 2.13. The van der Waals surface area contributed by atoms with E-state index in [9.17, 15) is 14.7 Å². The fraction of sp³-hybridized carbons (Fsp3) is 0.385. The zero-order valence-electron chi connectivity index (χ0n) is 19.1. The van der Waals surface area contributed by atoms with E-state index in [0.717, 1.165) is 35.3 Å². The molecule has 1 amide bonds. The molecule has 0 aromatic heterocycles. The second-order valence-electron chi connectivity index (χ2n) is 8.25. The number of ketones is 1. The minimum absolute atomic E-state index is 0.101. The molecule has 0 bridgehead atoms. The Morgan fingerprint density at radius 3 is 2.19 bits per heavy atom. The molecule has 2 aromatic carbocycles. The van der Waals surface area contributed by atoms with E-state index in [4.69, 9.17) is 0 Å². The molecule has 1 atom stereocenters. The average Bonchev–Trinajstić information content (AvgIpc) is 3.01. The van der Waals surface area contributed by atoms with Crippen LogP contribution in [0.25, 0.3) is 5.76 Å². The lowest BCUT2D eigenvalue weighted by molar-refractivity contribution is -0.140. The molecule has 0 saturated carbocycles. The molecule has 0 spiro atoms. The average molecular weight is 421 g/mol. The number of aliphatic hydroxyl groups is 1. The number of hydrogen-bond donors (Lipinski definition) is 1. The summed E-state index contributed by atoms with van der Waals surface area (Å²) in [6, 6.07) is 13.0. The van der Waals surface area contributed by atoms with Gasteiger partial charge < -0.3 is 14.9 Å². The van der Waals surface area contributed by atoms with Gasteiger partial charge in [0.25, 0.3) is 11.7 Å². The molecule has 1 aliphatic heterocycles. The van der Waals surface area contributed by atoms with E-state index < -0.39 is 17.7 Å². The molecule has 1 unspecified atom stereocenters. The number of likely N-dealkylation sites (N-methyl/N-ethyl adjacent to an activating group) is 1. The predicted molar refractivity (Wildman–Crippen MR) is 124 cm³/mol. The molecule has 1 fully saturated rings. The molecule has 2 aromatic rings. The molecule has 31 heavy (non-hydrogen) atoms. The molecule has 0 aliphatic carbocycles. The molecule has 1 heterocycles. The van der Waals surface area contributed by atoms with Gasteiger partial charge in [0.15, 0.2) is 0 Å². The Morgan fingerprint density at radius 1 is 0.968 bits per heavy atom. The van der Waals surface area contributed by atoms with E-state index in [-0.39, 0.29) is 11.3 Å². The molecular formula is C26H32N2O3. The van der Waals surface area contributed by atoms with Crippen LogP contribution >= 0.6 is 0 Å². The number of aliphatic hydroxyl groups excluding tert-OH is 1. The fourth-order valence-corrected chi connectivity index (χ4v) is 4.13. The van der Waals surface area contributed by atoms with Gasteiger partial charge in [0.05, 0.1) is 11.6 Å². The van der Waals surface area contributed by atoms with Crippen molar-refractivity contribution < 1.29 is 14.7 Å². The first-order valence-electron chi connectivity index (χ1n) is 10.9. The van der Waals surface area contributed by atoms with Crippen LogP contribution in [0, 0.1) is 20.8 Å². The lowest BCUT2D eigenvalue weighted by Crippen LogP contribution is -2.38. The third-order valence-electron chi connectivity index (χ3n) is 6.13. The van der Waals surface area contributed by atoms with Gasteiger partial charge in [0.2, 0.25) is 0 Å². The van der Waals surface area contributed by atoms with Gasteiger partial charge in [-0.1, -0.05) is 61.4 Å². The predicted octanol–water partition coefficient (Wildman–Crippen LogP) is 4.38. The molecule has 1 aliphatic rings. The molecular weight excluding hydrogens is 388 g/mol. The number of carbonyl (C=O) groups excluding carboxylic acids is 2. The van der Waals surface area contributed by atoms with Crippen LogP contribution in [0.3, 0.4) is 0 Å². The first-order chi connectivity index (χ1) is 14.8. The van der Waals surface area contributed by atoms with Crippen LogP contribution < -0.4 is 0 Å². The molecule has 5 nitrogen and oxygen atoms in total. The van der Waals surface area contributed by atoms with Crippen molar-refractivity contribution in [1.29, 1.82) is 0 Å². The number of hydrogen-bond acceptors (Lipinski definition) is 4. The maximum Gasteiger partial charge on any atom is 0.295 e. The standard InChI is InChI=1S/C26H32N2O3/c1-6-27(7-2)14-15-28-23(20-12-9-17(3)10-13-20)22(25(30)26(28)31)24(29)21-16-18(4)8-11-19(21)5/h8-13,16,23,29H,6-7,14-15H2,1-5H3/b24-22+. The van der Waals surface area contributed by atoms with Gasteiger partial charge in [0.1, 0.15) is 5.76 Å². The van der Waals surface area contributed by atoms with Crippen LogP contribution in [0.4, 0.5) is 0 Å². The zero-order valence-corrected chi connectivity index (χ0v) is 19.1. The van der Waals surface area contributed by atoms with Crippen LogP contribution in [0.2, 0.25) is 0 Å². The van der Waals surface area contributed by atoms with E-state index >= 15 is 0 Å². The third-order valence-corrected chi connectivity index (χ3v) is 6.13. The Hall–Kier alpha value is -2.92. The highest BCUT2D eigenvalue weighted by atomic mass is 16.3. The first-order valence-corrected chi connectivity index (χ1v) is 10.9. The number of benzene rings is 2. The topological polar surface area (TPSA) is 60.9 Å². The van der Waals surface area contributed by atoms with Gasteiger partial charge in [-0.2, -0.15) is 0 Å². The van der Waals surface area contributed by atoms with E-state index in [1.807, 2.05) is 63.2 Å². The van der Waals surface area contributed by atoms with E-state index in [1.165, 1.54) is 0 Å². The maximum absolute atomic E-state index is 13.1. The van der Waals surface area contributed by atoms with Crippen molar-refractivity contribution >= 4 is 17.4 Å². The van der Waals surface area contributed by atoms with Crippen LogP contribution in [-0.2, 0) is 9.59 Å². The van der Waals surface area contributed by atoms with Crippen LogP contribution in [-0.4, -0.2) is 52.8 Å². The number of amides is 1. The second-order valence-corrected chi connectivity index (χ2v) is 8.25. The summed E-state index contributed by atoms with van der Waals surface area (Å²) in [5, 5.41) is 11.3. The van der Waals surface area contributed by atoms with Crippen LogP contribution in [0.5, 0.6) is 0 Å². The summed E-state index contributed by atoms with van der Waals surface area (Å²) in [4.78, 5) is 30.0. The number of likely N-dealkylation sites (tertiary alicyclic amines) is 1. The Bertz CT molecular complexity index is 1000. The second kappa shape index (κ2) is 9.48. The van der Waals surface area contributed by atoms with Crippen LogP contribution in [0.15, 0.2) is 48.0 Å². The largest absolute Gasteiger partial charge is 0.507 e. The molecule has 1 N–H and O–H groups in total. The summed E-state index contributed by atoms with van der Waals surface area (Å²) < 4.78 is 0. The highest BCUT2D eigenvalue weighted by molar-refractivity contribution is 6.46. The number of carbonyl (C=O) groups is 2. The van der Waals surface area contributed by atoms with Crippen molar-refractivity contribution in [3.05, 3.63) is 75.9 Å². The van der Waals surface area contributed by atoms with E-state index in [0.29, 0.717) is 18.7 Å². The molecule has 164 valence electrons. The summed E-state index contributed by atoms with van der Waals surface area (Å²) in [7, 11) is 0. The fourth-order valence-electron chi connectivity index (χ4n) is 4.13. The minimum atomic E-state index is -0.622. The summed E-state index contributed by atoms with van der Waals surface area (Å²) >= 11 is 0. The lowest BCUT2D eigenvalue weighted by atomic mass is 9.93. The zero-order chi connectivity index (χ0) is 22.7. The number of rotatable bonds is 7. The van der Waals surface area contributed by atoms with Crippen molar-refractivity contribution in [2.24, 2.45) is 0 Å².